The van der Waals surface area contributed by atoms with Gasteiger partial charge >= 0.3 is 0 Å². The first-order valence-corrected chi connectivity index (χ1v) is 7.61. The lowest BCUT2D eigenvalue weighted by Crippen LogP contribution is -1.96. The number of nitrogens with zero attached hydrogens (tertiary/aromatic N) is 4. The molecule has 5 heteroatoms. The maximum Gasteiger partial charge on any atom is 0.195 e. The van der Waals surface area contributed by atoms with Gasteiger partial charge in [0.2, 0.25) is 0 Å². The van der Waals surface area contributed by atoms with Gasteiger partial charge in [-0.2, -0.15) is 9.61 Å². The number of thiophene rings is 1. The molecular weight excluding hydrogens is 292 g/mol. The normalized spacial score (nSPS) is 10.4. The fourth-order valence-electron chi connectivity index (χ4n) is 2.07. The number of aromatic nitrogens is 4. The van der Waals surface area contributed by atoms with Gasteiger partial charge in [-0.15, -0.1) is 21.5 Å². The smallest absolute Gasteiger partial charge is 0.191 e. The van der Waals surface area contributed by atoms with Crippen molar-refractivity contribution in [3.63, 3.8) is 0 Å². The number of fused-ring (bicyclic) bond motifs is 1. The molecule has 0 aliphatic carbocycles. The summed E-state index contributed by atoms with van der Waals surface area (Å²) in [5, 5.41) is 14.9. The Bertz CT molecular complexity index is 976. The minimum absolute atomic E-state index is 0.689. The Kier molecular flexibility index (Phi) is 3.15. The first-order chi connectivity index (χ1) is 10.9. The van der Waals surface area contributed by atoms with Crippen molar-refractivity contribution in [3.8, 4) is 22.5 Å². The average molecular weight is 302 g/mol. The molecule has 0 N–H and O–H groups in total. The highest BCUT2D eigenvalue weighted by Crippen LogP contribution is 2.22. The van der Waals surface area contributed by atoms with Crippen LogP contribution in [-0.4, -0.2) is 19.8 Å². The first kappa shape index (κ1) is 12.7. The number of benzene rings is 1. The summed E-state index contributed by atoms with van der Waals surface area (Å²) in [6.07, 6.45) is 0. The predicted octanol–water partition coefficient (Wildman–Crippen LogP) is 3.25. The summed E-state index contributed by atoms with van der Waals surface area (Å²) in [6.45, 7) is 0. The van der Waals surface area contributed by atoms with Crippen LogP contribution in [0.15, 0.2) is 60.0 Å². The van der Waals surface area contributed by atoms with Crippen LogP contribution in [0.4, 0.5) is 0 Å². The lowest BCUT2D eigenvalue weighted by Gasteiger charge is -1.96. The first-order valence-electron chi connectivity index (χ1n) is 6.73. The molecule has 4 aromatic rings. The molecule has 0 amide bonds. The van der Waals surface area contributed by atoms with Gasteiger partial charge < -0.3 is 0 Å². The van der Waals surface area contributed by atoms with Crippen LogP contribution in [0.5, 0.6) is 0 Å². The van der Waals surface area contributed by atoms with Gasteiger partial charge in [0.25, 0.3) is 0 Å². The summed E-state index contributed by atoms with van der Waals surface area (Å²) in [5.74, 6) is 6.93. The quantitative estimate of drug-likeness (QED) is 0.507. The van der Waals surface area contributed by atoms with Gasteiger partial charge in [-0.05, 0) is 41.6 Å². The van der Waals surface area contributed by atoms with Crippen LogP contribution < -0.4 is 0 Å². The van der Waals surface area contributed by atoms with Crippen LogP contribution in [0.1, 0.15) is 11.3 Å². The van der Waals surface area contributed by atoms with Crippen molar-refractivity contribution < 1.29 is 0 Å². The summed E-state index contributed by atoms with van der Waals surface area (Å²) in [4.78, 5) is 1.04. The van der Waals surface area contributed by atoms with Crippen molar-refractivity contribution in [2.45, 2.75) is 0 Å². The van der Waals surface area contributed by atoms with E-state index in [9.17, 15) is 0 Å². The van der Waals surface area contributed by atoms with Crippen molar-refractivity contribution in [1.82, 2.24) is 19.8 Å². The summed E-state index contributed by atoms with van der Waals surface area (Å²) in [6, 6.07) is 17.6. The molecule has 0 aliphatic heterocycles. The van der Waals surface area contributed by atoms with E-state index in [1.165, 1.54) is 0 Å². The third kappa shape index (κ3) is 2.36. The van der Waals surface area contributed by atoms with E-state index < -0.39 is 0 Å². The van der Waals surface area contributed by atoms with Crippen LogP contribution in [0.25, 0.3) is 16.3 Å². The molecule has 0 bridgehead atoms. The van der Waals surface area contributed by atoms with Gasteiger partial charge in [0.15, 0.2) is 11.5 Å². The molecule has 4 rings (SSSR count). The molecule has 0 saturated heterocycles. The SMILES string of the molecule is C(#Cc1ccc2nnc(-c3cccs3)n2n1)c1ccccc1. The molecule has 0 spiro atoms. The standard InChI is InChI=1S/C17H10N4S/c1-2-5-13(6-3-1)8-9-14-10-11-16-18-19-17(21(16)20-14)15-7-4-12-22-15/h1-7,10-12H. The second kappa shape index (κ2) is 5.43. The van der Waals surface area contributed by atoms with E-state index in [1.807, 2.05) is 60.0 Å². The van der Waals surface area contributed by atoms with Gasteiger partial charge in [0, 0.05) is 5.56 Å². The molecule has 4 nitrogen and oxygen atoms in total. The van der Waals surface area contributed by atoms with Crippen molar-refractivity contribution in [1.29, 1.82) is 0 Å². The Morgan fingerprint density at radius 2 is 1.77 bits per heavy atom. The molecular formula is C17H10N4S. The molecule has 0 unspecified atom stereocenters. The van der Waals surface area contributed by atoms with Crippen LogP contribution in [-0.2, 0) is 0 Å². The lowest BCUT2D eigenvalue weighted by atomic mass is 10.2. The molecule has 1 aromatic carbocycles. The van der Waals surface area contributed by atoms with Crippen molar-refractivity contribution in [3.05, 3.63) is 71.2 Å². The molecule has 0 fully saturated rings. The second-order valence-electron chi connectivity index (χ2n) is 4.61. The van der Waals surface area contributed by atoms with Crippen molar-refractivity contribution in [2.75, 3.05) is 0 Å². The van der Waals surface area contributed by atoms with Crippen molar-refractivity contribution >= 4 is 17.0 Å². The van der Waals surface area contributed by atoms with Gasteiger partial charge in [-0.3, -0.25) is 0 Å². The summed E-state index contributed by atoms with van der Waals surface area (Å²) in [5.41, 5.74) is 2.37. The Morgan fingerprint density at radius 3 is 2.59 bits per heavy atom. The molecule has 0 radical (unpaired) electrons. The van der Waals surface area contributed by atoms with Crippen LogP contribution in [0.3, 0.4) is 0 Å². The summed E-state index contributed by atoms with van der Waals surface area (Å²) in [7, 11) is 0. The molecule has 0 atom stereocenters. The third-order valence-corrected chi connectivity index (χ3v) is 3.98. The minimum atomic E-state index is 0.689. The Hall–Kier alpha value is -2.97. The minimum Gasteiger partial charge on any atom is -0.191 e. The molecule has 3 aromatic heterocycles. The number of hydrogen-bond donors (Lipinski definition) is 0. The fraction of sp³-hybridized carbons (Fsp3) is 0. The molecule has 3 heterocycles. The van der Waals surface area contributed by atoms with Gasteiger partial charge in [0.05, 0.1) is 4.88 Å². The molecule has 22 heavy (non-hydrogen) atoms. The molecule has 0 saturated carbocycles. The van der Waals surface area contributed by atoms with Gasteiger partial charge in [0.1, 0.15) is 5.69 Å². The monoisotopic (exact) mass is 302 g/mol. The fourth-order valence-corrected chi connectivity index (χ4v) is 2.77. The van der Waals surface area contributed by atoms with E-state index in [0.29, 0.717) is 11.3 Å². The topological polar surface area (TPSA) is 43.1 Å². The average Bonchev–Trinajstić information content (AvgIpc) is 3.22. The zero-order valence-corrected chi connectivity index (χ0v) is 12.3. The molecule has 104 valence electrons. The Labute approximate surface area is 131 Å². The van der Waals surface area contributed by atoms with E-state index in [-0.39, 0.29) is 0 Å². The predicted molar refractivity (Wildman–Crippen MR) is 86.5 cm³/mol. The highest BCUT2D eigenvalue weighted by atomic mass is 32.1. The van der Waals surface area contributed by atoms with Crippen LogP contribution in [0, 0.1) is 11.8 Å². The summed E-state index contributed by atoms with van der Waals surface area (Å²) < 4.78 is 1.74. The van der Waals surface area contributed by atoms with Gasteiger partial charge in [-0.25, -0.2) is 0 Å². The second-order valence-corrected chi connectivity index (χ2v) is 5.55. The maximum atomic E-state index is 4.53. The number of hydrogen-bond acceptors (Lipinski definition) is 4. The van der Waals surface area contributed by atoms with E-state index >= 15 is 0 Å². The highest BCUT2D eigenvalue weighted by molar-refractivity contribution is 7.13. The lowest BCUT2D eigenvalue weighted by molar-refractivity contribution is 0.926. The molecule has 0 aliphatic rings. The zero-order chi connectivity index (χ0) is 14.8. The highest BCUT2D eigenvalue weighted by Gasteiger charge is 2.09. The Morgan fingerprint density at radius 1 is 0.864 bits per heavy atom. The Balaban J connectivity index is 1.78. The van der Waals surface area contributed by atoms with E-state index in [4.69, 9.17) is 0 Å². The van der Waals surface area contributed by atoms with Crippen molar-refractivity contribution in [2.24, 2.45) is 0 Å². The maximum absolute atomic E-state index is 4.53. The summed E-state index contributed by atoms with van der Waals surface area (Å²) >= 11 is 1.61. The van der Waals surface area contributed by atoms with E-state index in [1.54, 1.807) is 15.9 Å². The zero-order valence-electron chi connectivity index (χ0n) is 11.5. The largest absolute Gasteiger partial charge is 0.195 e. The van der Waals surface area contributed by atoms with E-state index in [0.717, 1.165) is 16.3 Å². The van der Waals surface area contributed by atoms with Crippen LogP contribution >= 0.6 is 11.3 Å². The third-order valence-electron chi connectivity index (χ3n) is 3.11. The number of rotatable bonds is 1. The van der Waals surface area contributed by atoms with Gasteiger partial charge in [-0.1, -0.05) is 30.2 Å². The van der Waals surface area contributed by atoms with E-state index in [2.05, 4.69) is 27.1 Å². The van der Waals surface area contributed by atoms with Crippen LogP contribution in [0.2, 0.25) is 0 Å².